The van der Waals surface area contributed by atoms with Gasteiger partial charge in [0.15, 0.2) is 17.3 Å². The summed E-state index contributed by atoms with van der Waals surface area (Å²) in [7, 11) is 6.00. The minimum absolute atomic E-state index is 0.0707. The van der Waals surface area contributed by atoms with E-state index in [2.05, 4.69) is 5.32 Å². The van der Waals surface area contributed by atoms with Crippen LogP contribution in [0.2, 0.25) is 0 Å². The van der Waals surface area contributed by atoms with Crippen LogP contribution in [-0.2, 0) is 16.0 Å². The number of hydroxylamine groups is 1. The highest BCUT2D eigenvalue weighted by molar-refractivity contribution is 6.03. The van der Waals surface area contributed by atoms with Gasteiger partial charge >= 0.3 is 0 Å². The fourth-order valence-electron chi connectivity index (χ4n) is 4.35. The number of hydrogen-bond donors (Lipinski definition) is 4. The molecule has 2 amide bonds. The highest BCUT2D eigenvalue weighted by atomic mass is 16.5. The Morgan fingerprint density at radius 1 is 0.900 bits per heavy atom. The number of aryl methyl sites for hydroxylation is 1. The average molecular weight is 561 g/mol. The first-order valence-electron chi connectivity index (χ1n) is 12.8. The first-order chi connectivity index (χ1) is 18.9. The number of aliphatic hydroxyl groups excluding tert-OH is 1. The first-order valence-corrected chi connectivity index (χ1v) is 12.8. The Kier molecular flexibility index (Phi) is 11.8. The van der Waals surface area contributed by atoms with Gasteiger partial charge in [-0.05, 0) is 54.5 Å². The van der Waals surface area contributed by atoms with Crippen LogP contribution in [0.15, 0.2) is 36.4 Å². The Morgan fingerprint density at radius 2 is 1.52 bits per heavy atom. The summed E-state index contributed by atoms with van der Waals surface area (Å²) in [5.74, 6) is -1.56. The van der Waals surface area contributed by atoms with E-state index >= 15 is 0 Å². The number of Topliss-reactive ketones (excluding diaryl/α,β-unsaturated/α-hetero) is 1. The molecule has 0 heterocycles. The highest BCUT2D eigenvalue weighted by Gasteiger charge is 2.38. The molecule has 0 saturated heterocycles. The molecule has 0 aliphatic carbocycles. The molecular formula is C29H40N2O9. The lowest BCUT2D eigenvalue weighted by Crippen LogP contribution is -2.53. The van der Waals surface area contributed by atoms with Gasteiger partial charge in [0.1, 0.15) is 11.9 Å². The average Bonchev–Trinajstić information content (AvgIpc) is 2.95. The number of methoxy groups -OCH3 is 4. The maximum absolute atomic E-state index is 13.5. The topological polar surface area (TPSA) is 153 Å². The van der Waals surface area contributed by atoms with Crippen LogP contribution >= 0.6 is 0 Å². The van der Waals surface area contributed by atoms with Crippen LogP contribution in [0.25, 0.3) is 0 Å². The summed E-state index contributed by atoms with van der Waals surface area (Å²) in [5.41, 5.74) is 1.85. The third-order valence-corrected chi connectivity index (χ3v) is 6.57. The van der Waals surface area contributed by atoms with Gasteiger partial charge < -0.3 is 29.4 Å². The quantitative estimate of drug-likeness (QED) is 0.155. The molecule has 2 aromatic rings. The molecule has 220 valence electrons. The molecule has 40 heavy (non-hydrogen) atoms. The van der Waals surface area contributed by atoms with E-state index in [-0.39, 0.29) is 12.2 Å². The van der Waals surface area contributed by atoms with Gasteiger partial charge in [-0.1, -0.05) is 32.9 Å². The monoisotopic (exact) mass is 560 g/mol. The van der Waals surface area contributed by atoms with Crippen LogP contribution in [0.3, 0.4) is 0 Å². The Balaban J connectivity index is 2.29. The largest absolute Gasteiger partial charge is 0.497 e. The zero-order chi connectivity index (χ0) is 30.0. The molecule has 4 N–H and O–H groups in total. The van der Waals surface area contributed by atoms with E-state index in [1.807, 2.05) is 0 Å². The van der Waals surface area contributed by atoms with E-state index in [4.69, 9.17) is 24.2 Å². The summed E-state index contributed by atoms with van der Waals surface area (Å²) in [4.78, 5) is 39.1. The Bertz CT molecular complexity index is 1150. The molecule has 2 aromatic carbocycles. The third-order valence-electron chi connectivity index (χ3n) is 6.57. The van der Waals surface area contributed by atoms with Crippen molar-refractivity contribution in [2.24, 2.45) is 11.3 Å². The second-order valence-electron chi connectivity index (χ2n) is 10.4. The fraction of sp³-hybridized carbons (Fsp3) is 0.483. The molecule has 3 atom stereocenters. The number of rotatable bonds is 14. The zero-order valence-electron chi connectivity index (χ0n) is 24.1. The van der Waals surface area contributed by atoms with E-state index in [0.717, 1.165) is 5.56 Å². The molecule has 0 radical (unpaired) electrons. The van der Waals surface area contributed by atoms with Gasteiger partial charge in [-0.25, -0.2) is 5.48 Å². The van der Waals surface area contributed by atoms with Crippen molar-refractivity contribution < 1.29 is 43.6 Å². The molecule has 11 nitrogen and oxygen atoms in total. The molecule has 0 fully saturated rings. The van der Waals surface area contributed by atoms with E-state index in [9.17, 15) is 19.5 Å². The lowest BCUT2D eigenvalue weighted by atomic mass is 9.81. The predicted molar refractivity (Wildman–Crippen MR) is 147 cm³/mol. The molecule has 0 aliphatic heterocycles. The minimum atomic E-state index is -1.85. The predicted octanol–water partition coefficient (Wildman–Crippen LogP) is 2.94. The number of benzene rings is 2. The van der Waals surface area contributed by atoms with Crippen molar-refractivity contribution >= 4 is 17.6 Å². The molecule has 0 aromatic heterocycles. The summed E-state index contributed by atoms with van der Waals surface area (Å²) < 4.78 is 21.3. The van der Waals surface area contributed by atoms with Crippen LogP contribution in [0.4, 0.5) is 0 Å². The van der Waals surface area contributed by atoms with Crippen molar-refractivity contribution in [1.82, 2.24) is 10.8 Å². The molecule has 0 unspecified atom stereocenters. The van der Waals surface area contributed by atoms with Crippen LogP contribution in [0.5, 0.6) is 23.0 Å². The molecule has 0 bridgehead atoms. The van der Waals surface area contributed by atoms with Gasteiger partial charge in [0.25, 0.3) is 5.91 Å². The second-order valence-corrected chi connectivity index (χ2v) is 10.4. The van der Waals surface area contributed by atoms with E-state index in [1.165, 1.54) is 33.9 Å². The summed E-state index contributed by atoms with van der Waals surface area (Å²) in [5, 5.41) is 22.5. The van der Waals surface area contributed by atoms with Crippen LogP contribution in [0.1, 0.15) is 49.5 Å². The Labute approximate surface area is 234 Å². The van der Waals surface area contributed by atoms with Crippen molar-refractivity contribution in [2.75, 3.05) is 28.4 Å². The smallest absolute Gasteiger partial charge is 0.272 e. The summed E-state index contributed by atoms with van der Waals surface area (Å²) in [6, 6.07) is 9.15. The maximum atomic E-state index is 13.5. The van der Waals surface area contributed by atoms with Gasteiger partial charge in [-0.15, -0.1) is 0 Å². The van der Waals surface area contributed by atoms with E-state index in [0.29, 0.717) is 41.4 Å². The lowest BCUT2D eigenvalue weighted by Gasteiger charge is -2.32. The van der Waals surface area contributed by atoms with Crippen molar-refractivity contribution in [3.05, 3.63) is 47.5 Å². The number of ether oxygens (including phenoxy) is 4. The normalized spacial score (nSPS) is 13.4. The molecule has 11 heteroatoms. The molecular weight excluding hydrogens is 520 g/mol. The van der Waals surface area contributed by atoms with Crippen molar-refractivity contribution in [1.29, 1.82) is 0 Å². The standard InChI is InChI=1S/C29H40N2O9/c1-29(2,3)26(23(32)18-11-9-12-19(16-18)37-4)30-27(34)20(24(33)28(35)31-36)13-8-10-17-14-21(38-5)25(40-7)22(15-17)39-6/h9,11-12,14-16,20,24,26,33,36H,8,10,13H2,1-7H3,(H,30,34)(H,31,35)/t20-,24+,26-/m1/s1. The van der Waals surface area contributed by atoms with Crippen LogP contribution in [-0.4, -0.2) is 68.5 Å². The molecule has 0 spiro atoms. The second kappa shape index (κ2) is 14.5. The number of ketones is 1. The van der Waals surface area contributed by atoms with Gasteiger partial charge in [0.05, 0.1) is 40.4 Å². The van der Waals surface area contributed by atoms with Crippen LogP contribution in [0, 0.1) is 11.3 Å². The summed E-state index contributed by atoms with van der Waals surface area (Å²) >= 11 is 0. The van der Waals surface area contributed by atoms with Crippen molar-refractivity contribution in [3.63, 3.8) is 0 Å². The van der Waals surface area contributed by atoms with E-state index < -0.39 is 35.3 Å². The number of aliphatic hydroxyl groups is 1. The lowest BCUT2D eigenvalue weighted by molar-refractivity contribution is -0.146. The number of carbonyl (C=O) groups excluding carboxylic acids is 3. The Morgan fingerprint density at radius 3 is 2.02 bits per heavy atom. The van der Waals surface area contributed by atoms with Gasteiger partial charge in [0, 0.05) is 5.56 Å². The number of amides is 2. The third kappa shape index (κ3) is 8.09. The fourth-order valence-corrected chi connectivity index (χ4v) is 4.35. The molecule has 2 rings (SSSR count). The molecule has 0 aliphatic rings. The molecule has 0 saturated carbocycles. The van der Waals surface area contributed by atoms with Gasteiger partial charge in [-0.2, -0.15) is 0 Å². The van der Waals surface area contributed by atoms with Crippen molar-refractivity contribution in [2.45, 2.75) is 52.2 Å². The van der Waals surface area contributed by atoms with Gasteiger partial charge in [0.2, 0.25) is 11.7 Å². The first kappa shape index (κ1) is 32.4. The number of hydrogen-bond acceptors (Lipinski definition) is 9. The minimum Gasteiger partial charge on any atom is -0.497 e. The zero-order valence-corrected chi connectivity index (χ0v) is 24.1. The summed E-state index contributed by atoms with van der Waals surface area (Å²) in [6.07, 6.45) is -0.963. The van der Waals surface area contributed by atoms with E-state index in [1.54, 1.807) is 57.2 Å². The number of nitrogens with one attached hydrogen (secondary N) is 2. The number of carbonyl (C=O) groups is 3. The highest BCUT2D eigenvalue weighted by Crippen LogP contribution is 2.38. The van der Waals surface area contributed by atoms with Crippen molar-refractivity contribution in [3.8, 4) is 23.0 Å². The summed E-state index contributed by atoms with van der Waals surface area (Å²) in [6.45, 7) is 5.39. The Hall–Kier alpha value is -3.83. The van der Waals surface area contributed by atoms with Crippen LogP contribution < -0.4 is 29.7 Å². The van der Waals surface area contributed by atoms with Gasteiger partial charge in [-0.3, -0.25) is 19.6 Å². The SMILES string of the molecule is COc1cccc(C(=O)[C@@H](NC(=O)[C@H](CCCc2cc(OC)c(OC)c(OC)c2)[C@H](O)C(=O)NO)C(C)(C)C)c1. The maximum Gasteiger partial charge on any atom is 0.272 e.